The number of nitrogens with one attached hydrogen (secondary N) is 2. The van der Waals surface area contributed by atoms with Gasteiger partial charge in [-0.1, -0.05) is 0 Å². The predicted octanol–water partition coefficient (Wildman–Crippen LogP) is 1.20. The predicted molar refractivity (Wildman–Crippen MR) is 58.4 cm³/mol. The second-order valence-electron chi connectivity index (χ2n) is 4.07. The fourth-order valence-electron chi connectivity index (χ4n) is 1.08. The molecule has 15 heavy (non-hydrogen) atoms. The van der Waals surface area contributed by atoms with Gasteiger partial charge in [0, 0.05) is 0 Å². The molecule has 0 aliphatic carbocycles. The van der Waals surface area contributed by atoms with Gasteiger partial charge >= 0.3 is 0 Å². The summed E-state index contributed by atoms with van der Waals surface area (Å²) in [6, 6.07) is 3.74. The van der Waals surface area contributed by atoms with Crippen LogP contribution in [-0.2, 0) is 11.3 Å². The van der Waals surface area contributed by atoms with E-state index in [0.29, 0.717) is 6.54 Å². The smallest absolute Gasteiger partial charge is 0.240 e. The van der Waals surface area contributed by atoms with Gasteiger partial charge in [-0.05, 0) is 40.0 Å². The third kappa shape index (κ3) is 3.09. The van der Waals surface area contributed by atoms with Crippen molar-refractivity contribution in [1.82, 2.24) is 10.6 Å². The molecule has 0 aliphatic heterocycles. The average molecular weight is 210 g/mol. The van der Waals surface area contributed by atoms with Gasteiger partial charge in [-0.2, -0.15) is 0 Å². The van der Waals surface area contributed by atoms with E-state index in [4.69, 9.17) is 4.42 Å². The quantitative estimate of drug-likeness (QED) is 0.785. The first-order valence-corrected chi connectivity index (χ1v) is 4.98. The molecule has 0 radical (unpaired) electrons. The number of hydrogen-bond donors (Lipinski definition) is 2. The molecule has 4 heteroatoms. The van der Waals surface area contributed by atoms with Crippen LogP contribution >= 0.6 is 0 Å². The van der Waals surface area contributed by atoms with Crippen LogP contribution in [0.25, 0.3) is 0 Å². The summed E-state index contributed by atoms with van der Waals surface area (Å²) in [6.07, 6.45) is 0. The van der Waals surface area contributed by atoms with E-state index in [1.807, 2.05) is 32.9 Å². The Morgan fingerprint density at radius 2 is 2.13 bits per heavy atom. The number of likely N-dealkylation sites (N-methyl/N-ethyl adjacent to an activating group) is 1. The largest absolute Gasteiger partial charge is 0.465 e. The van der Waals surface area contributed by atoms with Crippen LogP contribution in [0.2, 0.25) is 0 Å². The normalized spacial score (nSPS) is 11.5. The summed E-state index contributed by atoms with van der Waals surface area (Å²) in [6.45, 7) is 5.96. The SMILES string of the molecule is CNC(C)(C)C(=O)NCc1ccc(C)o1. The maximum atomic E-state index is 11.7. The molecule has 0 saturated carbocycles. The van der Waals surface area contributed by atoms with Crippen molar-refractivity contribution in [3.05, 3.63) is 23.7 Å². The Morgan fingerprint density at radius 1 is 1.47 bits per heavy atom. The van der Waals surface area contributed by atoms with Gasteiger partial charge in [-0.15, -0.1) is 0 Å². The molecule has 1 amide bonds. The van der Waals surface area contributed by atoms with Crippen molar-refractivity contribution in [3.63, 3.8) is 0 Å². The molecule has 1 rings (SSSR count). The summed E-state index contributed by atoms with van der Waals surface area (Å²) < 4.78 is 5.35. The molecule has 0 bridgehead atoms. The van der Waals surface area contributed by atoms with Crippen LogP contribution in [0.3, 0.4) is 0 Å². The van der Waals surface area contributed by atoms with Crippen LogP contribution < -0.4 is 10.6 Å². The van der Waals surface area contributed by atoms with Crippen molar-refractivity contribution < 1.29 is 9.21 Å². The van der Waals surface area contributed by atoms with E-state index in [1.54, 1.807) is 7.05 Å². The number of aryl methyl sites for hydroxylation is 1. The van der Waals surface area contributed by atoms with Gasteiger partial charge in [0.1, 0.15) is 11.5 Å². The minimum atomic E-state index is -0.554. The van der Waals surface area contributed by atoms with Gasteiger partial charge in [0.15, 0.2) is 0 Å². The van der Waals surface area contributed by atoms with Gasteiger partial charge in [0.05, 0.1) is 12.1 Å². The lowest BCUT2D eigenvalue weighted by molar-refractivity contribution is -0.126. The van der Waals surface area contributed by atoms with Gasteiger partial charge in [0.25, 0.3) is 0 Å². The lowest BCUT2D eigenvalue weighted by atomic mass is 10.1. The molecule has 1 aromatic rings. The van der Waals surface area contributed by atoms with E-state index in [1.165, 1.54) is 0 Å². The number of carbonyl (C=O) groups is 1. The Labute approximate surface area is 90.0 Å². The standard InChI is InChI=1S/C11H18N2O2/c1-8-5-6-9(15-8)7-13-10(14)11(2,3)12-4/h5-6,12H,7H2,1-4H3,(H,13,14). The molecule has 0 aromatic carbocycles. The van der Waals surface area contributed by atoms with Gasteiger partial charge in [-0.25, -0.2) is 0 Å². The van der Waals surface area contributed by atoms with Crippen LogP contribution in [0.4, 0.5) is 0 Å². The average Bonchev–Trinajstić information content (AvgIpc) is 2.60. The fourth-order valence-corrected chi connectivity index (χ4v) is 1.08. The molecule has 0 spiro atoms. The summed E-state index contributed by atoms with van der Waals surface area (Å²) in [4.78, 5) is 11.7. The van der Waals surface area contributed by atoms with Crippen LogP contribution in [0.15, 0.2) is 16.5 Å². The third-order valence-corrected chi connectivity index (χ3v) is 2.41. The molecule has 0 aliphatic rings. The molecule has 0 saturated heterocycles. The van der Waals surface area contributed by atoms with Crippen LogP contribution in [0.5, 0.6) is 0 Å². The lowest BCUT2D eigenvalue weighted by Gasteiger charge is -2.22. The lowest BCUT2D eigenvalue weighted by Crippen LogP contribution is -2.50. The topological polar surface area (TPSA) is 54.3 Å². The van der Waals surface area contributed by atoms with Crippen molar-refractivity contribution in [2.75, 3.05) is 7.05 Å². The maximum absolute atomic E-state index is 11.7. The van der Waals surface area contributed by atoms with Crippen LogP contribution in [-0.4, -0.2) is 18.5 Å². The minimum Gasteiger partial charge on any atom is -0.465 e. The second-order valence-corrected chi connectivity index (χ2v) is 4.07. The van der Waals surface area contributed by atoms with Crippen LogP contribution in [0, 0.1) is 6.92 Å². The van der Waals surface area contributed by atoms with E-state index < -0.39 is 5.54 Å². The minimum absolute atomic E-state index is 0.0425. The zero-order valence-electron chi connectivity index (χ0n) is 9.68. The molecular formula is C11H18N2O2. The summed E-state index contributed by atoms with van der Waals surface area (Å²) in [5.41, 5.74) is -0.554. The zero-order valence-corrected chi connectivity index (χ0v) is 9.68. The summed E-state index contributed by atoms with van der Waals surface area (Å²) in [5, 5.41) is 5.75. The highest BCUT2D eigenvalue weighted by molar-refractivity contribution is 5.85. The maximum Gasteiger partial charge on any atom is 0.240 e. The Balaban J connectivity index is 2.47. The van der Waals surface area contributed by atoms with Gasteiger partial charge in [-0.3, -0.25) is 4.79 Å². The highest BCUT2D eigenvalue weighted by Crippen LogP contribution is 2.06. The molecule has 84 valence electrons. The fraction of sp³-hybridized carbons (Fsp3) is 0.545. The van der Waals surface area contributed by atoms with Gasteiger partial charge < -0.3 is 15.1 Å². The Kier molecular flexibility index (Phi) is 3.52. The van der Waals surface area contributed by atoms with Crippen molar-refractivity contribution in [2.45, 2.75) is 32.9 Å². The number of carbonyl (C=O) groups excluding carboxylic acids is 1. The second kappa shape index (κ2) is 4.49. The van der Waals surface area contributed by atoms with Crippen molar-refractivity contribution >= 4 is 5.91 Å². The molecule has 2 N–H and O–H groups in total. The molecule has 0 unspecified atom stereocenters. The Bertz CT molecular complexity index is 342. The van der Waals surface area contributed by atoms with Crippen molar-refractivity contribution in [2.24, 2.45) is 0 Å². The summed E-state index contributed by atoms with van der Waals surface area (Å²) in [7, 11) is 1.76. The Hall–Kier alpha value is -1.29. The Morgan fingerprint density at radius 3 is 2.60 bits per heavy atom. The first kappa shape index (κ1) is 11.8. The van der Waals surface area contributed by atoms with E-state index >= 15 is 0 Å². The number of rotatable bonds is 4. The number of hydrogen-bond acceptors (Lipinski definition) is 3. The monoisotopic (exact) mass is 210 g/mol. The molecule has 1 heterocycles. The van der Waals surface area contributed by atoms with E-state index in [9.17, 15) is 4.79 Å². The van der Waals surface area contributed by atoms with E-state index in [2.05, 4.69) is 10.6 Å². The first-order chi connectivity index (χ1) is 6.95. The zero-order chi connectivity index (χ0) is 11.5. The highest BCUT2D eigenvalue weighted by atomic mass is 16.3. The van der Waals surface area contributed by atoms with Crippen LogP contribution in [0.1, 0.15) is 25.4 Å². The molecule has 4 nitrogen and oxygen atoms in total. The highest BCUT2D eigenvalue weighted by Gasteiger charge is 2.24. The molecule has 0 fully saturated rings. The number of furan rings is 1. The first-order valence-electron chi connectivity index (χ1n) is 4.98. The molecule has 0 atom stereocenters. The molecule has 1 aromatic heterocycles. The summed E-state index contributed by atoms with van der Waals surface area (Å²) >= 11 is 0. The van der Waals surface area contributed by atoms with Crippen molar-refractivity contribution in [1.29, 1.82) is 0 Å². The third-order valence-electron chi connectivity index (χ3n) is 2.41. The van der Waals surface area contributed by atoms with E-state index in [-0.39, 0.29) is 5.91 Å². The van der Waals surface area contributed by atoms with Gasteiger partial charge in [0.2, 0.25) is 5.91 Å². The number of amides is 1. The molecular weight excluding hydrogens is 192 g/mol. The van der Waals surface area contributed by atoms with Crippen molar-refractivity contribution in [3.8, 4) is 0 Å². The summed E-state index contributed by atoms with van der Waals surface area (Å²) in [5.74, 6) is 1.58. The van der Waals surface area contributed by atoms with E-state index in [0.717, 1.165) is 11.5 Å².